The number of anilines is 1. The van der Waals surface area contributed by atoms with Gasteiger partial charge in [-0.25, -0.2) is 0 Å². The average Bonchev–Trinajstić information content (AvgIpc) is 2.58. The lowest BCUT2D eigenvalue weighted by molar-refractivity contribution is -0.125. The van der Waals surface area contributed by atoms with Crippen LogP contribution in [0.25, 0.3) is 0 Å². The molecular formula is C14H15BrCl2N2O2. The Bertz CT molecular complexity index is 580. The van der Waals surface area contributed by atoms with Gasteiger partial charge in [0.2, 0.25) is 11.8 Å². The fourth-order valence-corrected chi connectivity index (χ4v) is 3.16. The Labute approximate surface area is 141 Å². The van der Waals surface area contributed by atoms with Gasteiger partial charge in [0.05, 0.1) is 15.7 Å². The van der Waals surface area contributed by atoms with Crippen LogP contribution in [0.5, 0.6) is 0 Å². The topological polar surface area (TPSA) is 49.4 Å². The van der Waals surface area contributed by atoms with E-state index < -0.39 is 6.04 Å². The molecule has 1 N–H and O–H groups in total. The van der Waals surface area contributed by atoms with Gasteiger partial charge in [-0.05, 0) is 34.5 Å². The van der Waals surface area contributed by atoms with Gasteiger partial charge in [0.1, 0.15) is 6.04 Å². The third kappa shape index (κ3) is 3.52. The molecule has 1 aliphatic heterocycles. The summed E-state index contributed by atoms with van der Waals surface area (Å²) in [5, 5.41) is 3.43. The summed E-state index contributed by atoms with van der Waals surface area (Å²) < 4.78 is 0.666. The summed E-state index contributed by atoms with van der Waals surface area (Å²) in [6, 6.07) is 2.96. The van der Waals surface area contributed by atoms with Gasteiger partial charge in [-0.15, -0.1) is 0 Å². The highest BCUT2D eigenvalue weighted by Gasteiger charge is 2.31. The molecule has 0 aromatic heterocycles. The molecule has 1 atom stereocenters. The van der Waals surface area contributed by atoms with Crippen LogP contribution < -0.4 is 10.2 Å². The van der Waals surface area contributed by atoms with Crippen molar-refractivity contribution < 1.29 is 9.59 Å². The first-order valence-corrected chi connectivity index (χ1v) is 8.24. The third-order valence-electron chi connectivity index (χ3n) is 3.34. The lowest BCUT2D eigenvalue weighted by Crippen LogP contribution is -2.44. The van der Waals surface area contributed by atoms with Gasteiger partial charge in [-0.3, -0.25) is 9.59 Å². The summed E-state index contributed by atoms with van der Waals surface area (Å²) in [6.07, 6.45) is 1.65. The Hall–Kier alpha value is -0.780. The van der Waals surface area contributed by atoms with E-state index in [0.717, 1.165) is 6.42 Å². The molecule has 0 radical (unpaired) electrons. The second-order valence-electron chi connectivity index (χ2n) is 4.84. The first-order chi connectivity index (χ1) is 9.95. The molecule has 2 amide bonds. The molecular weight excluding hydrogens is 379 g/mol. The van der Waals surface area contributed by atoms with Crippen molar-refractivity contribution in [2.45, 2.75) is 32.2 Å². The number of hydrogen-bond acceptors (Lipinski definition) is 2. The zero-order valence-corrected chi connectivity index (χ0v) is 14.6. The zero-order valence-electron chi connectivity index (χ0n) is 11.5. The highest BCUT2D eigenvalue weighted by Crippen LogP contribution is 2.38. The molecule has 0 aliphatic carbocycles. The van der Waals surface area contributed by atoms with Gasteiger partial charge in [-0.1, -0.05) is 36.5 Å². The van der Waals surface area contributed by atoms with Crippen molar-refractivity contribution >= 4 is 56.6 Å². The summed E-state index contributed by atoms with van der Waals surface area (Å²) >= 11 is 15.7. The van der Waals surface area contributed by atoms with Crippen molar-refractivity contribution in [2.24, 2.45) is 0 Å². The number of hydrogen-bond donors (Lipinski definition) is 1. The molecule has 0 saturated carbocycles. The Kier molecular flexibility index (Phi) is 5.52. The van der Waals surface area contributed by atoms with Crippen LogP contribution in [0.2, 0.25) is 10.0 Å². The van der Waals surface area contributed by atoms with Gasteiger partial charge in [0.15, 0.2) is 0 Å². The molecule has 0 spiro atoms. The van der Waals surface area contributed by atoms with Crippen LogP contribution in [0.1, 0.15) is 26.2 Å². The maximum absolute atomic E-state index is 12.6. The van der Waals surface area contributed by atoms with E-state index >= 15 is 0 Å². The van der Waals surface area contributed by atoms with Crippen LogP contribution in [-0.2, 0) is 9.59 Å². The number of carbonyl (C=O) groups excluding carboxylic acids is 2. The van der Waals surface area contributed by atoms with Crippen molar-refractivity contribution in [1.29, 1.82) is 0 Å². The first kappa shape index (κ1) is 16.6. The number of nitrogens with one attached hydrogen (secondary N) is 1. The van der Waals surface area contributed by atoms with Gasteiger partial charge in [0.25, 0.3) is 0 Å². The second-order valence-corrected chi connectivity index (χ2v) is 6.45. The van der Waals surface area contributed by atoms with E-state index in [2.05, 4.69) is 21.2 Å². The number of amides is 2. The average molecular weight is 394 g/mol. The van der Waals surface area contributed by atoms with Crippen LogP contribution in [-0.4, -0.2) is 24.4 Å². The van der Waals surface area contributed by atoms with Gasteiger partial charge in [0, 0.05) is 17.4 Å². The summed E-state index contributed by atoms with van der Waals surface area (Å²) in [5.41, 5.74) is 0.535. The minimum absolute atomic E-state index is 0.122. The minimum atomic E-state index is -0.511. The second kappa shape index (κ2) is 6.99. The molecule has 4 nitrogen and oxygen atoms in total. The Morgan fingerprint density at radius 3 is 2.71 bits per heavy atom. The molecule has 1 unspecified atom stereocenters. The molecule has 114 valence electrons. The lowest BCUT2D eigenvalue weighted by atomic mass is 10.1. The number of halogens is 3. The third-order valence-corrected chi connectivity index (χ3v) is 5.11. The maximum atomic E-state index is 12.6. The molecule has 7 heteroatoms. The summed E-state index contributed by atoms with van der Waals surface area (Å²) in [7, 11) is 0. The smallest absolute Gasteiger partial charge is 0.249 e. The first-order valence-electron chi connectivity index (χ1n) is 6.70. The summed E-state index contributed by atoms with van der Waals surface area (Å²) in [6.45, 7) is 2.26. The van der Waals surface area contributed by atoms with Crippen molar-refractivity contribution in [1.82, 2.24) is 5.32 Å². The number of rotatable bonds is 3. The standard InChI is InChI=1S/C14H15BrCl2N2O2/c1-2-3-9-14(21)19(7-6-11(20)18-9)10-5-4-8(15)12(16)13(10)17/h4-5,9H,2-3,6-7H2,1H3,(H,18,20). The summed E-state index contributed by atoms with van der Waals surface area (Å²) in [4.78, 5) is 25.9. The van der Waals surface area contributed by atoms with E-state index in [1.54, 1.807) is 17.0 Å². The fourth-order valence-electron chi connectivity index (χ4n) is 2.29. The number of benzene rings is 1. The van der Waals surface area contributed by atoms with E-state index in [9.17, 15) is 9.59 Å². The molecule has 1 aliphatic rings. The molecule has 1 saturated heterocycles. The quantitative estimate of drug-likeness (QED) is 0.794. The van der Waals surface area contributed by atoms with Gasteiger partial charge in [-0.2, -0.15) is 0 Å². The molecule has 1 aromatic carbocycles. The molecule has 1 heterocycles. The van der Waals surface area contributed by atoms with Crippen LogP contribution in [0.15, 0.2) is 16.6 Å². The van der Waals surface area contributed by atoms with Crippen molar-refractivity contribution in [3.63, 3.8) is 0 Å². The molecule has 21 heavy (non-hydrogen) atoms. The monoisotopic (exact) mass is 392 g/mol. The normalized spacial score (nSPS) is 19.4. The van der Waals surface area contributed by atoms with E-state index in [1.807, 2.05) is 6.92 Å². The highest BCUT2D eigenvalue weighted by atomic mass is 79.9. The van der Waals surface area contributed by atoms with E-state index in [4.69, 9.17) is 23.2 Å². The van der Waals surface area contributed by atoms with Crippen LogP contribution in [0, 0.1) is 0 Å². The Morgan fingerprint density at radius 1 is 1.33 bits per heavy atom. The largest absolute Gasteiger partial charge is 0.344 e. The molecule has 2 rings (SSSR count). The van der Waals surface area contributed by atoms with Crippen LogP contribution in [0.4, 0.5) is 5.69 Å². The zero-order chi connectivity index (χ0) is 15.6. The van der Waals surface area contributed by atoms with E-state index in [0.29, 0.717) is 33.2 Å². The Morgan fingerprint density at radius 2 is 2.05 bits per heavy atom. The lowest BCUT2D eigenvalue weighted by Gasteiger charge is -2.25. The molecule has 1 aromatic rings. The Balaban J connectivity index is 2.39. The predicted molar refractivity (Wildman–Crippen MR) is 88.0 cm³/mol. The predicted octanol–water partition coefficient (Wildman–Crippen LogP) is 3.78. The van der Waals surface area contributed by atoms with Gasteiger partial charge >= 0.3 is 0 Å². The van der Waals surface area contributed by atoms with E-state index in [-0.39, 0.29) is 18.2 Å². The number of carbonyl (C=O) groups is 2. The number of nitrogens with zero attached hydrogens (tertiary/aromatic N) is 1. The maximum Gasteiger partial charge on any atom is 0.249 e. The SMILES string of the molecule is CCCC1NC(=O)CCN(c2ccc(Br)c(Cl)c2Cl)C1=O. The van der Waals surface area contributed by atoms with E-state index in [1.165, 1.54) is 0 Å². The minimum Gasteiger partial charge on any atom is -0.344 e. The summed E-state index contributed by atoms with van der Waals surface area (Å²) in [5.74, 6) is -0.272. The van der Waals surface area contributed by atoms with Gasteiger partial charge < -0.3 is 10.2 Å². The molecule has 0 bridgehead atoms. The fraction of sp³-hybridized carbons (Fsp3) is 0.429. The van der Waals surface area contributed by atoms with Crippen molar-refractivity contribution in [2.75, 3.05) is 11.4 Å². The van der Waals surface area contributed by atoms with Crippen LogP contribution in [0.3, 0.4) is 0 Å². The molecule has 1 fully saturated rings. The highest BCUT2D eigenvalue weighted by molar-refractivity contribution is 9.10. The van der Waals surface area contributed by atoms with Crippen molar-refractivity contribution in [3.8, 4) is 0 Å². The van der Waals surface area contributed by atoms with Crippen LogP contribution >= 0.6 is 39.1 Å². The van der Waals surface area contributed by atoms with Crippen molar-refractivity contribution in [3.05, 3.63) is 26.7 Å².